The second-order valence-electron chi connectivity index (χ2n) is 4.60. The first-order valence-corrected chi connectivity index (χ1v) is 5.82. The molecule has 0 amide bonds. The maximum atomic E-state index is 13.2. The summed E-state index contributed by atoms with van der Waals surface area (Å²) in [6.45, 7) is 6.41. The maximum Gasteiger partial charge on any atom is 0.166 e. The van der Waals surface area contributed by atoms with Crippen LogP contribution in [0, 0.1) is 11.2 Å². The summed E-state index contributed by atoms with van der Waals surface area (Å²) in [5.41, 5.74) is 1.06. The molecule has 1 nitrogen and oxygen atoms in total. The minimum absolute atomic E-state index is 0.156. The summed E-state index contributed by atoms with van der Waals surface area (Å²) in [5.74, 6) is -0.876. The lowest BCUT2D eigenvalue weighted by molar-refractivity contribution is 0.347. The van der Waals surface area contributed by atoms with E-state index in [0.717, 1.165) is 18.4 Å². The zero-order valence-corrected chi connectivity index (χ0v) is 10.9. The standard InChI is InChI=1S/C12H16BrFO/c1-4-12(2,3)7-8-5-9(13)11(15)10(14)6-8/h5-6,15H,4,7H2,1-3H3. The van der Waals surface area contributed by atoms with E-state index >= 15 is 0 Å². The Morgan fingerprint density at radius 2 is 2.00 bits per heavy atom. The van der Waals surface area contributed by atoms with Crippen molar-refractivity contribution in [2.24, 2.45) is 5.41 Å². The summed E-state index contributed by atoms with van der Waals surface area (Å²) in [5, 5.41) is 9.26. The fraction of sp³-hybridized carbons (Fsp3) is 0.500. The van der Waals surface area contributed by atoms with Crippen molar-refractivity contribution < 1.29 is 9.50 Å². The van der Waals surface area contributed by atoms with Crippen LogP contribution in [0.15, 0.2) is 16.6 Å². The van der Waals surface area contributed by atoms with Gasteiger partial charge in [-0.3, -0.25) is 0 Å². The van der Waals surface area contributed by atoms with E-state index in [1.165, 1.54) is 6.07 Å². The Labute approximate surface area is 98.4 Å². The topological polar surface area (TPSA) is 20.2 Å². The predicted octanol–water partition coefficient (Wildman–Crippen LogP) is 4.27. The SMILES string of the molecule is CCC(C)(C)Cc1cc(F)c(O)c(Br)c1. The molecule has 0 saturated heterocycles. The molecule has 1 aromatic carbocycles. The van der Waals surface area contributed by atoms with Gasteiger partial charge in [0.05, 0.1) is 4.47 Å². The van der Waals surface area contributed by atoms with Gasteiger partial charge in [-0.15, -0.1) is 0 Å². The van der Waals surface area contributed by atoms with Crippen LogP contribution in [-0.4, -0.2) is 5.11 Å². The van der Waals surface area contributed by atoms with Crippen LogP contribution in [0.5, 0.6) is 5.75 Å². The Morgan fingerprint density at radius 1 is 1.40 bits per heavy atom. The number of benzene rings is 1. The number of halogens is 2. The second-order valence-corrected chi connectivity index (χ2v) is 5.46. The number of phenols is 1. The van der Waals surface area contributed by atoms with E-state index in [9.17, 15) is 9.50 Å². The second kappa shape index (κ2) is 4.52. The van der Waals surface area contributed by atoms with Crippen molar-refractivity contribution in [2.45, 2.75) is 33.6 Å². The fourth-order valence-electron chi connectivity index (χ4n) is 1.40. The van der Waals surface area contributed by atoms with E-state index in [0.29, 0.717) is 4.47 Å². The van der Waals surface area contributed by atoms with Gasteiger partial charge in [-0.25, -0.2) is 4.39 Å². The summed E-state index contributed by atoms with van der Waals surface area (Å²) in [6, 6.07) is 3.17. The van der Waals surface area contributed by atoms with E-state index in [1.807, 2.05) is 0 Å². The monoisotopic (exact) mass is 274 g/mol. The van der Waals surface area contributed by atoms with Crippen molar-refractivity contribution in [3.63, 3.8) is 0 Å². The molecule has 0 aliphatic rings. The van der Waals surface area contributed by atoms with E-state index in [2.05, 4.69) is 36.7 Å². The largest absolute Gasteiger partial charge is 0.504 e. The molecule has 15 heavy (non-hydrogen) atoms. The minimum atomic E-state index is -0.564. The quantitative estimate of drug-likeness (QED) is 0.873. The van der Waals surface area contributed by atoms with Crippen LogP contribution in [-0.2, 0) is 6.42 Å². The first-order chi connectivity index (χ1) is 6.85. The molecular formula is C12H16BrFO. The highest BCUT2D eigenvalue weighted by Crippen LogP contribution is 2.32. The molecule has 0 bridgehead atoms. The minimum Gasteiger partial charge on any atom is -0.504 e. The van der Waals surface area contributed by atoms with Crippen LogP contribution >= 0.6 is 15.9 Å². The van der Waals surface area contributed by atoms with Gasteiger partial charge in [0.2, 0.25) is 0 Å². The van der Waals surface area contributed by atoms with Gasteiger partial charge in [0.15, 0.2) is 11.6 Å². The molecule has 0 fully saturated rings. The lowest BCUT2D eigenvalue weighted by Gasteiger charge is -2.22. The summed E-state index contributed by atoms with van der Waals surface area (Å²) < 4.78 is 13.7. The Balaban J connectivity index is 2.98. The van der Waals surface area contributed by atoms with E-state index in [4.69, 9.17) is 0 Å². The first kappa shape index (κ1) is 12.5. The van der Waals surface area contributed by atoms with E-state index < -0.39 is 5.82 Å². The zero-order valence-electron chi connectivity index (χ0n) is 9.27. The van der Waals surface area contributed by atoms with Gasteiger partial charge in [-0.2, -0.15) is 0 Å². The van der Waals surface area contributed by atoms with Gasteiger partial charge < -0.3 is 5.11 Å². The van der Waals surface area contributed by atoms with Gasteiger partial charge in [0.25, 0.3) is 0 Å². The highest BCUT2D eigenvalue weighted by atomic mass is 79.9. The van der Waals surface area contributed by atoms with Crippen LogP contribution in [0.4, 0.5) is 4.39 Å². The van der Waals surface area contributed by atoms with Crippen LogP contribution in [0.2, 0.25) is 0 Å². The third kappa shape index (κ3) is 3.20. The molecule has 0 aliphatic heterocycles. The molecular weight excluding hydrogens is 259 g/mol. The number of hydrogen-bond donors (Lipinski definition) is 1. The lowest BCUT2D eigenvalue weighted by Crippen LogP contribution is -2.13. The van der Waals surface area contributed by atoms with Gasteiger partial charge >= 0.3 is 0 Å². The molecule has 0 aromatic heterocycles. The smallest absolute Gasteiger partial charge is 0.166 e. The highest BCUT2D eigenvalue weighted by Gasteiger charge is 2.17. The molecule has 0 saturated carbocycles. The van der Waals surface area contributed by atoms with Gasteiger partial charge in [-0.05, 0) is 45.5 Å². The van der Waals surface area contributed by atoms with Crippen molar-refractivity contribution in [3.05, 3.63) is 28.0 Å². The van der Waals surface area contributed by atoms with E-state index in [-0.39, 0.29) is 11.2 Å². The normalized spacial score (nSPS) is 11.8. The molecule has 0 aliphatic carbocycles. The summed E-state index contributed by atoms with van der Waals surface area (Å²) in [6.07, 6.45) is 1.84. The Kier molecular flexibility index (Phi) is 3.77. The Morgan fingerprint density at radius 3 is 2.47 bits per heavy atom. The zero-order chi connectivity index (χ0) is 11.6. The molecule has 1 rings (SSSR count). The van der Waals surface area contributed by atoms with Crippen molar-refractivity contribution in [1.82, 2.24) is 0 Å². The molecule has 84 valence electrons. The third-order valence-corrected chi connectivity index (χ3v) is 3.32. The predicted molar refractivity (Wildman–Crippen MR) is 63.5 cm³/mol. The van der Waals surface area contributed by atoms with Crippen LogP contribution in [0.25, 0.3) is 0 Å². The van der Waals surface area contributed by atoms with Crippen molar-refractivity contribution in [3.8, 4) is 5.75 Å². The molecule has 1 aromatic rings. The van der Waals surface area contributed by atoms with Crippen LogP contribution < -0.4 is 0 Å². The molecule has 1 N–H and O–H groups in total. The van der Waals surface area contributed by atoms with Gasteiger partial charge in [-0.1, -0.05) is 27.2 Å². The van der Waals surface area contributed by atoms with Crippen LogP contribution in [0.1, 0.15) is 32.8 Å². The van der Waals surface area contributed by atoms with Crippen molar-refractivity contribution >= 4 is 15.9 Å². The third-order valence-electron chi connectivity index (χ3n) is 2.72. The fourth-order valence-corrected chi connectivity index (χ4v) is 1.88. The van der Waals surface area contributed by atoms with Crippen molar-refractivity contribution in [1.29, 1.82) is 0 Å². The van der Waals surface area contributed by atoms with E-state index in [1.54, 1.807) is 6.07 Å². The van der Waals surface area contributed by atoms with Gasteiger partial charge in [0.1, 0.15) is 0 Å². The average Bonchev–Trinajstić information content (AvgIpc) is 2.13. The summed E-state index contributed by atoms with van der Waals surface area (Å²) in [7, 11) is 0. The molecule has 0 radical (unpaired) electrons. The maximum absolute atomic E-state index is 13.2. The Hall–Kier alpha value is -0.570. The average molecular weight is 275 g/mol. The first-order valence-electron chi connectivity index (χ1n) is 5.02. The molecule has 0 heterocycles. The molecule has 0 spiro atoms. The Bertz CT molecular complexity index is 338. The number of hydrogen-bond acceptors (Lipinski definition) is 1. The highest BCUT2D eigenvalue weighted by molar-refractivity contribution is 9.10. The number of aromatic hydroxyl groups is 1. The molecule has 3 heteroatoms. The lowest BCUT2D eigenvalue weighted by atomic mass is 9.83. The molecule has 0 unspecified atom stereocenters. The molecule has 0 atom stereocenters. The number of rotatable bonds is 3. The number of phenolic OH excluding ortho intramolecular Hbond substituents is 1. The van der Waals surface area contributed by atoms with Crippen LogP contribution in [0.3, 0.4) is 0 Å². The van der Waals surface area contributed by atoms with Gasteiger partial charge in [0, 0.05) is 0 Å². The summed E-state index contributed by atoms with van der Waals surface area (Å²) >= 11 is 3.14. The summed E-state index contributed by atoms with van der Waals surface area (Å²) in [4.78, 5) is 0. The van der Waals surface area contributed by atoms with Crippen molar-refractivity contribution in [2.75, 3.05) is 0 Å².